The van der Waals surface area contributed by atoms with E-state index in [1.807, 2.05) is 25.1 Å². The average molecular weight is 346 g/mol. The molecule has 0 aliphatic carbocycles. The smallest absolute Gasteiger partial charge is 0.182 e. The van der Waals surface area contributed by atoms with Crippen LogP contribution in [0.1, 0.15) is 11.5 Å². The number of aryl methyl sites for hydroxylation is 2. The zero-order chi connectivity index (χ0) is 17.8. The Morgan fingerprint density at radius 3 is 2.85 bits per heavy atom. The van der Waals surface area contributed by atoms with Gasteiger partial charge in [-0.05, 0) is 32.0 Å². The van der Waals surface area contributed by atoms with Crippen molar-refractivity contribution in [2.24, 2.45) is 0 Å². The average Bonchev–Trinajstić information content (AvgIpc) is 3.10. The van der Waals surface area contributed by atoms with Gasteiger partial charge in [0, 0.05) is 23.5 Å². The molecule has 2 N–H and O–H groups in total. The lowest BCUT2D eigenvalue weighted by Crippen LogP contribution is -2.00. The maximum atomic E-state index is 11.0. The van der Waals surface area contributed by atoms with Crippen molar-refractivity contribution >= 4 is 11.5 Å². The van der Waals surface area contributed by atoms with Gasteiger partial charge in [-0.15, -0.1) is 0 Å². The predicted molar refractivity (Wildman–Crippen MR) is 94.1 cm³/mol. The molecule has 0 bridgehead atoms. The van der Waals surface area contributed by atoms with Crippen molar-refractivity contribution in [2.75, 3.05) is 5.32 Å². The van der Waals surface area contributed by atoms with Crippen molar-refractivity contribution in [2.45, 2.75) is 13.8 Å². The Hall–Kier alpha value is -3.68. The summed E-state index contributed by atoms with van der Waals surface area (Å²) in [5.74, 6) is 1.63. The van der Waals surface area contributed by atoms with E-state index in [2.05, 4.69) is 20.4 Å². The number of nitrogens with zero attached hydrogens (tertiary/aromatic N) is 5. The SMILES string of the molecule is Cc1noc(C)c1-c1nc2c(n1O)-c1ccncc1Nc1ncccc1-2. The number of pyridine rings is 2. The fraction of sp³-hybridized carbons (Fsp3) is 0.111. The maximum Gasteiger partial charge on any atom is 0.182 e. The number of anilines is 2. The van der Waals surface area contributed by atoms with Gasteiger partial charge in [-0.3, -0.25) is 4.98 Å². The Labute approximate surface area is 148 Å². The second-order valence-corrected chi connectivity index (χ2v) is 6.09. The quantitative estimate of drug-likeness (QED) is 0.447. The Bertz CT molecular complexity index is 1140. The first kappa shape index (κ1) is 14.6. The molecule has 0 atom stereocenters. The summed E-state index contributed by atoms with van der Waals surface area (Å²) >= 11 is 0. The van der Waals surface area contributed by atoms with Crippen LogP contribution in [0.5, 0.6) is 0 Å². The van der Waals surface area contributed by atoms with Crippen molar-refractivity contribution in [3.63, 3.8) is 0 Å². The van der Waals surface area contributed by atoms with E-state index in [-0.39, 0.29) is 0 Å². The molecule has 5 rings (SSSR count). The van der Waals surface area contributed by atoms with Crippen molar-refractivity contribution in [1.29, 1.82) is 0 Å². The molecule has 4 aromatic heterocycles. The molecule has 0 amide bonds. The molecule has 5 heterocycles. The van der Waals surface area contributed by atoms with E-state index in [1.54, 1.807) is 25.5 Å². The highest BCUT2D eigenvalue weighted by Crippen LogP contribution is 2.44. The molecule has 0 spiro atoms. The van der Waals surface area contributed by atoms with Crippen LogP contribution in [0, 0.1) is 13.8 Å². The predicted octanol–water partition coefficient (Wildman–Crippen LogP) is 3.57. The van der Waals surface area contributed by atoms with Crippen LogP contribution >= 0.6 is 0 Å². The first-order valence-electron chi connectivity index (χ1n) is 8.07. The molecule has 0 fully saturated rings. The molecule has 8 nitrogen and oxygen atoms in total. The molecule has 0 aromatic carbocycles. The summed E-state index contributed by atoms with van der Waals surface area (Å²) in [7, 11) is 0. The summed E-state index contributed by atoms with van der Waals surface area (Å²) in [5.41, 5.74) is 4.85. The molecular formula is C18H14N6O2. The summed E-state index contributed by atoms with van der Waals surface area (Å²) in [6.45, 7) is 3.62. The minimum atomic E-state index is 0.380. The lowest BCUT2D eigenvalue weighted by Gasteiger charge is -2.09. The highest BCUT2D eigenvalue weighted by atomic mass is 16.5. The summed E-state index contributed by atoms with van der Waals surface area (Å²) in [4.78, 5) is 13.3. The third kappa shape index (κ3) is 1.89. The van der Waals surface area contributed by atoms with Gasteiger partial charge in [-0.1, -0.05) is 5.16 Å². The molecule has 0 radical (unpaired) electrons. The van der Waals surface area contributed by atoms with E-state index in [4.69, 9.17) is 9.51 Å². The van der Waals surface area contributed by atoms with Crippen molar-refractivity contribution < 1.29 is 9.73 Å². The Kier molecular flexibility index (Phi) is 2.90. The first-order valence-corrected chi connectivity index (χ1v) is 8.07. The molecule has 1 aliphatic rings. The second-order valence-electron chi connectivity index (χ2n) is 6.09. The lowest BCUT2D eigenvalue weighted by molar-refractivity contribution is 0.195. The van der Waals surface area contributed by atoms with Gasteiger partial charge in [0.15, 0.2) is 5.82 Å². The van der Waals surface area contributed by atoms with Gasteiger partial charge in [-0.2, -0.15) is 4.73 Å². The van der Waals surface area contributed by atoms with E-state index < -0.39 is 0 Å². The van der Waals surface area contributed by atoms with Gasteiger partial charge in [0.25, 0.3) is 0 Å². The summed E-state index contributed by atoms with van der Waals surface area (Å²) in [6.07, 6.45) is 5.08. The topological polar surface area (TPSA) is 102 Å². The van der Waals surface area contributed by atoms with Crippen LogP contribution in [0.4, 0.5) is 11.5 Å². The van der Waals surface area contributed by atoms with Crippen LogP contribution < -0.4 is 5.32 Å². The second kappa shape index (κ2) is 5.16. The zero-order valence-corrected chi connectivity index (χ0v) is 14.1. The standard InChI is InChI=1S/C18H14N6O2/c1-9-14(10(2)26-23-9)18-22-15-12-4-3-6-20-17(12)21-13-8-19-7-5-11(13)16(15)24(18)25/h3-8,25H,1-2H3,(H,20,21). The molecule has 0 unspecified atom stereocenters. The van der Waals surface area contributed by atoms with Crippen molar-refractivity contribution in [3.8, 4) is 33.9 Å². The number of nitrogens with one attached hydrogen (secondary N) is 1. The number of rotatable bonds is 1. The fourth-order valence-corrected chi connectivity index (χ4v) is 3.33. The van der Waals surface area contributed by atoms with E-state index in [9.17, 15) is 5.21 Å². The highest BCUT2D eigenvalue weighted by molar-refractivity contribution is 5.95. The minimum absolute atomic E-state index is 0.380. The minimum Gasteiger partial charge on any atom is -0.426 e. The molecule has 26 heavy (non-hydrogen) atoms. The van der Waals surface area contributed by atoms with E-state index in [0.29, 0.717) is 40.0 Å². The molecule has 0 saturated heterocycles. The largest absolute Gasteiger partial charge is 0.426 e. The van der Waals surface area contributed by atoms with Crippen LogP contribution in [-0.2, 0) is 0 Å². The number of fused-ring (bicyclic) bond motifs is 5. The van der Waals surface area contributed by atoms with Gasteiger partial charge in [0.05, 0.1) is 23.1 Å². The number of imidazole rings is 1. The molecule has 128 valence electrons. The van der Waals surface area contributed by atoms with Gasteiger partial charge in [0.2, 0.25) is 0 Å². The third-order valence-corrected chi connectivity index (χ3v) is 4.50. The van der Waals surface area contributed by atoms with Gasteiger partial charge < -0.3 is 15.0 Å². The van der Waals surface area contributed by atoms with Crippen LogP contribution in [0.25, 0.3) is 33.9 Å². The van der Waals surface area contributed by atoms with Gasteiger partial charge >= 0.3 is 0 Å². The molecule has 0 saturated carbocycles. The number of aromatic nitrogens is 5. The van der Waals surface area contributed by atoms with Crippen molar-refractivity contribution in [3.05, 3.63) is 48.2 Å². The molecule has 1 aliphatic heterocycles. The third-order valence-electron chi connectivity index (χ3n) is 4.50. The summed E-state index contributed by atoms with van der Waals surface area (Å²) < 4.78 is 6.34. The van der Waals surface area contributed by atoms with Gasteiger partial charge in [-0.25, -0.2) is 9.97 Å². The molecular weight excluding hydrogens is 332 g/mol. The molecule has 4 aromatic rings. The molecule has 8 heteroatoms. The Balaban J connectivity index is 1.89. The lowest BCUT2D eigenvalue weighted by atomic mass is 10.1. The number of hydrogen-bond donors (Lipinski definition) is 2. The normalized spacial score (nSPS) is 11.9. The first-order chi connectivity index (χ1) is 12.6. The van der Waals surface area contributed by atoms with E-state index >= 15 is 0 Å². The monoisotopic (exact) mass is 346 g/mol. The Morgan fingerprint density at radius 2 is 2.04 bits per heavy atom. The van der Waals surface area contributed by atoms with Crippen LogP contribution in [0.2, 0.25) is 0 Å². The van der Waals surface area contributed by atoms with Crippen LogP contribution in [0.3, 0.4) is 0 Å². The summed E-state index contributed by atoms with van der Waals surface area (Å²) in [5, 5.41) is 18.3. The maximum absolute atomic E-state index is 11.0. The zero-order valence-electron chi connectivity index (χ0n) is 14.1. The van der Waals surface area contributed by atoms with Crippen molar-refractivity contribution in [1.82, 2.24) is 24.8 Å². The van der Waals surface area contributed by atoms with E-state index in [0.717, 1.165) is 21.5 Å². The highest BCUT2D eigenvalue weighted by Gasteiger charge is 2.29. The van der Waals surface area contributed by atoms with Crippen LogP contribution in [-0.4, -0.2) is 30.0 Å². The number of hydrogen-bond acceptors (Lipinski definition) is 7. The Morgan fingerprint density at radius 1 is 1.15 bits per heavy atom. The van der Waals surface area contributed by atoms with Crippen LogP contribution in [0.15, 0.2) is 41.3 Å². The van der Waals surface area contributed by atoms with Gasteiger partial charge in [0.1, 0.15) is 23.0 Å². The fourth-order valence-electron chi connectivity index (χ4n) is 3.33. The van der Waals surface area contributed by atoms with E-state index in [1.165, 1.54) is 0 Å². The summed E-state index contributed by atoms with van der Waals surface area (Å²) in [6, 6.07) is 5.58.